The van der Waals surface area contributed by atoms with E-state index in [0.717, 1.165) is 36.4 Å². The van der Waals surface area contributed by atoms with Gasteiger partial charge in [0.25, 0.3) is 0 Å². The molecule has 0 radical (unpaired) electrons. The average molecular weight is 282 g/mol. The Bertz CT molecular complexity index is 478. The van der Waals surface area contributed by atoms with Crippen LogP contribution in [0.1, 0.15) is 33.0 Å². The average Bonchev–Trinajstić information content (AvgIpc) is 2.99. The minimum absolute atomic E-state index is 0.129. The summed E-state index contributed by atoms with van der Waals surface area (Å²) >= 11 is 1.27. The summed E-state index contributed by atoms with van der Waals surface area (Å²) in [4.78, 5) is 25.9. The monoisotopic (exact) mass is 282 g/mol. The van der Waals surface area contributed by atoms with Gasteiger partial charge in [0.05, 0.1) is 6.54 Å². The van der Waals surface area contributed by atoms with Crippen LogP contribution in [0.5, 0.6) is 0 Å². The van der Waals surface area contributed by atoms with Crippen molar-refractivity contribution in [2.24, 2.45) is 0 Å². The summed E-state index contributed by atoms with van der Waals surface area (Å²) in [6.07, 6.45) is 2.19. The number of rotatable bonds is 5. The smallest absolute Gasteiger partial charge is 0.345 e. The number of hydrogen-bond donors (Lipinski definition) is 2. The van der Waals surface area contributed by atoms with Crippen molar-refractivity contribution in [3.05, 3.63) is 21.4 Å². The van der Waals surface area contributed by atoms with Gasteiger partial charge in [-0.15, -0.1) is 11.3 Å². The Balaban J connectivity index is 1.82. The number of carboxylic acid groups (broad SMARTS) is 1. The first-order valence-corrected chi connectivity index (χ1v) is 7.20. The third kappa shape index (κ3) is 3.54. The number of carbonyl (C=O) groups is 2. The lowest BCUT2D eigenvalue weighted by Gasteiger charge is -2.15. The van der Waals surface area contributed by atoms with Crippen molar-refractivity contribution >= 4 is 23.2 Å². The van der Waals surface area contributed by atoms with Crippen molar-refractivity contribution in [2.45, 2.75) is 26.3 Å². The lowest BCUT2D eigenvalue weighted by Crippen LogP contribution is -2.35. The molecule has 1 aliphatic heterocycles. The standard InChI is InChI=1S/C13H18N2O3S/c1-9-10(6-11(19-9)13(17)18)7-14-8-12(16)15-4-2-3-5-15/h6,14H,2-5,7-8H2,1H3,(H,17,18). The Kier molecular flexibility index (Phi) is 4.55. The number of carbonyl (C=O) groups excluding carboxylic acids is 1. The van der Waals surface area contributed by atoms with E-state index in [1.54, 1.807) is 6.07 Å². The van der Waals surface area contributed by atoms with E-state index in [2.05, 4.69) is 5.32 Å². The SMILES string of the molecule is Cc1sc(C(=O)O)cc1CNCC(=O)N1CCCC1. The number of amides is 1. The normalized spacial score (nSPS) is 14.9. The van der Waals surface area contributed by atoms with Crippen molar-refractivity contribution in [3.8, 4) is 0 Å². The molecule has 2 heterocycles. The van der Waals surface area contributed by atoms with Crippen LogP contribution in [0.2, 0.25) is 0 Å². The highest BCUT2D eigenvalue weighted by atomic mass is 32.1. The van der Waals surface area contributed by atoms with E-state index in [1.807, 2.05) is 11.8 Å². The maximum atomic E-state index is 11.8. The van der Waals surface area contributed by atoms with Gasteiger partial charge in [0, 0.05) is 24.5 Å². The fourth-order valence-electron chi connectivity index (χ4n) is 2.18. The van der Waals surface area contributed by atoms with Crippen molar-refractivity contribution in [3.63, 3.8) is 0 Å². The van der Waals surface area contributed by atoms with Gasteiger partial charge in [-0.1, -0.05) is 0 Å². The van der Waals surface area contributed by atoms with Gasteiger partial charge in [0.15, 0.2) is 0 Å². The van der Waals surface area contributed by atoms with Crippen molar-refractivity contribution in [1.29, 1.82) is 0 Å². The van der Waals surface area contributed by atoms with E-state index >= 15 is 0 Å². The van der Waals surface area contributed by atoms with Crippen molar-refractivity contribution in [2.75, 3.05) is 19.6 Å². The number of aromatic carboxylic acids is 1. The minimum atomic E-state index is -0.896. The molecule has 1 fully saturated rings. The molecule has 0 aliphatic carbocycles. The summed E-state index contributed by atoms with van der Waals surface area (Å²) in [6, 6.07) is 1.68. The molecule has 2 rings (SSSR count). The third-order valence-corrected chi connectivity index (χ3v) is 4.36. The van der Waals surface area contributed by atoms with Gasteiger partial charge in [0.1, 0.15) is 4.88 Å². The zero-order valence-electron chi connectivity index (χ0n) is 10.9. The first-order chi connectivity index (χ1) is 9.08. The highest BCUT2D eigenvalue weighted by Crippen LogP contribution is 2.21. The van der Waals surface area contributed by atoms with Gasteiger partial charge in [-0.05, 0) is 31.4 Å². The summed E-state index contributed by atoms with van der Waals surface area (Å²) in [5.41, 5.74) is 0.955. The summed E-state index contributed by atoms with van der Waals surface area (Å²) < 4.78 is 0. The number of hydrogen-bond acceptors (Lipinski definition) is 4. The lowest BCUT2D eigenvalue weighted by atomic mass is 10.2. The van der Waals surface area contributed by atoms with Crippen LogP contribution in [-0.2, 0) is 11.3 Å². The van der Waals surface area contributed by atoms with Crippen LogP contribution in [0.4, 0.5) is 0 Å². The second-order valence-electron chi connectivity index (χ2n) is 4.69. The van der Waals surface area contributed by atoms with Crippen LogP contribution in [0.25, 0.3) is 0 Å². The molecular formula is C13H18N2O3S. The molecule has 0 saturated carbocycles. The zero-order chi connectivity index (χ0) is 13.8. The fraction of sp³-hybridized carbons (Fsp3) is 0.538. The first kappa shape index (κ1) is 14.0. The Morgan fingerprint density at radius 1 is 1.42 bits per heavy atom. The predicted octanol–water partition coefficient (Wildman–Crippen LogP) is 1.47. The first-order valence-electron chi connectivity index (χ1n) is 6.39. The molecule has 1 aromatic rings. The highest BCUT2D eigenvalue weighted by Gasteiger charge is 2.17. The van der Waals surface area contributed by atoms with Crippen LogP contribution < -0.4 is 5.32 Å². The zero-order valence-corrected chi connectivity index (χ0v) is 11.8. The number of likely N-dealkylation sites (tertiary alicyclic amines) is 1. The van der Waals surface area contributed by atoms with Gasteiger partial charge in [-0.2, -0.15) is 0 Å². The quantitative estimate of drug-likeness (QED) is 0.858. The molecular weight excluding hydrogens is 264 g/mol. The molecule has 0 unspecified atom stereocenters. The Morgan fingerprint density at radius 3 is 2.68 bits per heavy atom. The van der Waals surface area contributed by atoms with E-state index < -0.39 is 5.97 Å². The largest absolute Gasteiger partial charge is 0.477 e. The lowest BCUT2D eigenvalue weighted by molar-refractivity contribution is -0.129. The number of aryl methyl sites for hydroxylation is 1. The molecule has 5 nitrogen and oxygen atoms in total. The summed E-state index contributed by atoms with van der Waals surface area (Å²) in [6.45, 7) is 4.48. The molecule has 1 aromatic heterocycles. The second-order valence-corrected chi connectivity index (χ2v) is 5.94. The fourth-order valence-corrected chi connectivity index (χ4v) is 3.06. The molecule has 0 bridgehead atoms. The molecule has 1 aliphatic rings. The molecule has 1 amide bonds. The molecule has 0 atom stereocenters. The van der Waals surface area contributed by atoms with E-state index in [0.29, 0.717) is 18.0 Å². The summed E-state index contributed by atoms with van der Waals surface area (Å²) in [5.74, 6) is -0.767. The molecule has 19 heavy (non-hydrogen) atoms. The molecule has 6 heteroatoms. The number of nitrogens with one attached hydrogen (secondary N) is 1. The number of thiophene rings is 1. The maximum Gasteiger partial charge on any atom is 0.345 e. The third-order valence-electron chi connectivity index (χ3n) is 3.28. The van der Waals surface area contributed by atoms with Crippen LogP contribution in [-0.4, -0.2) is 41.5 Å². The molecule has 2 N–H and O–H groups in total. The van der Waals surface area contributed by atoms with E-state index in [9.17, 15) is 9.59 Å². The molecule has 0 aromatic carbocycles. The van der Waals surface area contributed by atoms with Gasteiger partial charge >= 0.3 is 5.97 Å². The maximum absolute atomic E-state index is 11.8. The molecule has 0 spiro atoms. The summed E-state index contributed by atoms with van der Waals surface area (Å²) in [5, 5.41) is 12.0. The molecule has 104 valence electrons. The van der Waals surface area contributed by atoms with Gasteiger partial charge in [-0.3, -0.25) is 4.79 Å². The highest BCUT2D eigenvalue weighted by molar-refractivity contribution is 7.14. The van der Waals surface area contributed by atoms with E-state index in [4.69, 9.17) is 5.11 Å². The Hall–Kier alpha value is -1.40. The van der Waals surface area contributed by atoms with Crippen molar-refractivity contribution < 1.29 is 14.7 Å². The van der Waals surface area contributed by atoms with Crippen LogP contribution in [0, 0.1) is 6.92 Å². The number of nitrogens with zero attached hydrogens (tertiary/aromatic N) is 1. The minimum Gasteiger partial charge on any atom is -0.477 e. The predicted molar refractivity (Wildman–Crippen MR) is 73.5 cm³/mol. The van der Waals surface area contributed by atoms with E-state index in [-0.39, 0.29) is 5.91 Å². The Morgan fingerprint density at radius 2 is 2.11 bits per heavy atom. The second kappa shape index (κ2) is 6.16. The van der Waals surface area contributed by atoms with Crippen molar-refractivity contribution in [1.82, 2.24) is 10.2 Å². The number of carboxylic acids is 1. The Labute approximate surface area is 116 Å². The van der Waals surface area contributed by atoms with Crippen LogP contribution in [0.15, 0.2) is 6.07 Å². The van der Waals surface area contributed by atoms with Crippen LogP contribution in [0.3, 0.4) is 0 Å². The molecule has 1 saturated heterocycles. The van der Waals surface area contributed by atoms with Gasteiger partial charge in [-0.25, -0.2) is 4.79 Å². The van der Waals surface area contributed by atoms with Gasteiger partial charge < -0.3 is 15.3 Å². The summed E-state index contributed by atoms with van der Waals surface area (Å²) in [7, 11) is 0. The van der Waals surface area contributed by atoms with Gasteiger partial charge in [0.2, 0.25) is 5.91 Å². The topological polar surface area (TPSA) is 69.6 Å². The van der Waals surface area contributed by atoms with E-state index in [1.165, 1.54) is 11.3 Å². The van der Waals surface area contributed by atoms with Crippen LogP contribution >= 0.6 is 11.3 Å².